The summed E-state index contributed by atoms with van der Waals surface area (Å²) < 4.78 is 1.77. The summed E-state index contributed by atoms with van der Waals surface area (Å²) >= 11 is 0. The van der Waals surface area contributed by atoms with E-state index in [1.807, 2.05) is 13.1 Å². The van der Waals surface area contributed by atoms with Crippen LogP contribution in [0.15, 0.2) is 18.2 Å². The van der Waals surface area contributed by atoms with Crippen molar-refractivity contribution in [1.82, 2.24) is 20.0 Å². The smallest absolute Gasteiger partial charge is 0.336 e. The Morgan fingerprint density at radius 2 is 2.17 bits per heavy atom. The molecule has 3 fully saturated rings. The van der Waals surface area contributed by atoms with E-state index in [1.165, 1.54) is 25.9 Å². The molecule has 1 aromatic carbocycles. The summed E-state index contributed by atoms with van der Waals surface area (Å²) in [5.74, 6) is -0.151. The summed E-state index contributed by atoms with van der Waals surface area (Å²) in [6, 6.07) is 5.85. The molecule has 5 rings (SSSR count). The van der Waals surface area contributed by atoms with Crippen molar-refractivity contribution >= 4 is 16.9 Å². The van der Waals surface area contributed by atoms with Gasteiger partial charge in [-0.05, 0) is 44.0 Å². The molecule has 0 radical (unpaired) electrons. The molecule has 3 aliphatic heterocycles. The van der Waals surface area contributed by atoms with Crippen molar-refractivity contribution < 1.29 is 9.90 Å². The fourth-order valence-corrected chi connectivity index (χ4v) is 4.12. The standard InChI is InChI=1S/C17H22N4O2/c1-20-15-4-2-3-12(17(22)23)16(15)13(19-20)9-18-14-10-21-7-5-11(14)6-8-21/h2-4,11,14,18H,5-10H2,1H3,(H,22,23). The highest BCUT2D eigenvalue weighted by atomic mass is 16.4. The molecule has 6 heteroatoms. The van der Waals surface area contributed by atoms with Crippen LogP contribution in [0.2, 0.25) is 0 Å². The highest BCUT2D eigenvalue weighted by Gasteiger charge is 2.33. The van der Waals surface area contributed by atoms with Crippen molar-refractivity contribution in [2.24, 2.45) is 13.0 Å². The summed E-state index contributed by atoms with van der Waals surface area (Å²) in [7, 11) is 1.87. The van der Waals surface area contributed by atoms with Crippen molar-refractivity contribution in [1.29, 1.82) is 0 Å². The average Bonchev–Trinajstić information content (AvgIpc) is 2.90. The molecule has 1 aromatic heterocycles. The van der Waals surface area contributed by atoms with Gasteiger partial charge in [0.1, 0.15) is 0 Å². The molecule has 3 aliphatic rings. The largest absolute Gasteiger partial charge is 0.478 e. The molecule has 2 aromatic rings. The number of nitrogens with zero attached hydrogens (tertiary/aromatic N) is 3. The lowest BCUT2D eigenvalue weighted by Gasteiger charge is -2.45. The Morgan fingerprint density at radius 3 is 2.83 bits per heavy atom. The van der Waals surface area contributed by atoms with Crippen LogP contribution >= 0.6 is 0 Å². The maximum absolute atomic E-state index is 11.5. The first kappa shape index (κ1) is 14.7. The minimum atomic E-state index is -0.896. The minimum absolute atomic E-state index is 0.335. The Hall–Kier alpha value is -1.92. The van der Waals surface area contributed by atoms with Crippen LogP contribution in [-0.2, 0) is 13.6 Å². The van der Waals surface area contributed by atoms with Crippen LogP contribution in [0, 0.1) is 5.92 Å². The Kier molecular flexibility index (Phi) is 3.58. The molecule has 1 unspecified atom stereocenters. The number of carboxylic acid groups (broad SMARTS) is 1. The van der Waals surface area contributed by atoms with Crippen LogP contribution in [0.5, 0.6) is 0 Å². The van der Waals surface area contributed by atoms with E-state index in [-0.39, 0.29) is 0 Å². The minimum Gasteiger partial charge on any atom is -0.478 e. The number of rotatable bonds is 4. The number of aryl methyl sites for hydroxylation is 1. The predicted molar refractivity (Wildman–Crippen MR) is 87.5 cm³/mol. The first-order valence-corrected chi connectivity index (χ1v) is 8.27. The Labute approximate surface area is 135 Å². The molecular weight excluding hydrogens is 292 g/mol. The molecule has 2 bridgehead atoms. The number of hydrogen-bond acceptors (Lipinski definition) is 4. The molecule has 3 saturated heterocycles. The lowest BCUT2D eigenvalue weighted by atomic mass is 9.84. The molecule has 0 amide bonds. The van der Waals surface area contributed by atoms with Gasteiger partial charge in [0.25, 0.3) is 0 Å². The summed E-state index contributed by atoms with van der Waals surface area (Å²) in [6.45, 7) is 4.16. The van der Waals surface area contributed by atoms with E-state index in [0.717, 1.165) is 29.1 Å². The van der Waals surface area contributed by atoms with Crippen LogP contribution in [0.3, 0.4) is 0 Å². The third-order valence-electron chi connectivity index (χ3n) is 5.37. The van der Waals surface area contributed by atoms with Crippen LogP contribution < -0.4 is 5.32 Å². The summed E-state index contributed by atoms with van der Waals surface area (Å²) in [5.41, 5.74) is 2.04. The van der Waals surface area contributed by atoms with Crippen LogP contribution in [0.1, 0.15) is 28.9 Å². The first-order valence-electron chi connectivity index (χ1n) is 8.27. The monoisotopic (exact) mass is 314 g/mol. The van der Waals surface area contributed by atoms with Gasteiger partial charge >= 0.3 is 5.97 Å². The highest BCUT2D eigenvalue weighted by molar-refractivity contribution is 6.03. The zero-order valence-corrected chi connectivity index (χ0v) is 13.3. The van der Waals surface area contributed by atoms with Crippen LogP contribution in [0.4, 0.5) is 0 Å². The van der Waals surface area contributed by atoms with Gasteiger partial charge in [-0.2, -0.15) is 5.10 Å². The normalized spacial score (nSPS) is 26.7. The maximum Gasteiger partial charge on any atom is 0.336 e. The third kappa shape index (κ3) is 2.52. The van der Waals surface area contributed by atoms with Gasteiger partial charge in [-0.15, -0.1) is 0 Å². The fourth-order valence-electron chi connectivity index (χ4n) is 4.12. The second-order valence-electron chi connectivity index (χ2n) is 6.70. The number of benzene rings is 1. The van der Waals surface area contributed by atoms with Crippen molar-refractivity contribution in [3.63, 3.8) is 0 Å². The molecule has 0 spiro atoms. The second kappa shape index (κ2) is 5.62. The van der Waals surface area contributed by atoms with Crippen molar-refractivity contribution in [2.75, 3.05) is 19.6 Å². The van der Waals surface area contributed by atoms with Gasteiger partial charge in [0.05, 0.1) is 16.8 Å². The van der Waals surface area contributed by atoms with E-state index in [0.29, 0.717) is 18.2 Å². The number of carbonyl (C=O) groups is 1. The van der Waals surface area contributed by atoms with Gasteiger partial charge in [-0.25, -0.2) is 4.79 Å². The van der Waals surface area contributed by atoms with Crippen molar-refractivity contribution in [3.8, 4) is 0 Å². The van der Waals surface area contributed by atoms with Gasteiger partial charge < -0.3 is 15.3 Å². The van der Waals surface area contributed by atoms with Crippen molar-refractivity contribution in [3.05, 3.63) is 29.5 Å². The summed E-state index contributed by atoms with van der Waals surface area (Å²) in [6.07, 6.45) is 2.53. The van der Waals surface area contributed by atoms with E-state index in [2.05, 4.69) is 15.3 Å². The second-order valence-corrected chi connectivity index (χ2v) is 6.70. The van der Waals surface area contributed by atoms with Gasteiger partial charge in [-0.1, -0.05) is 6.07 Å². The number of fused-ring (bicyclic) bond motifs is 4. The third-order valence-corrected chi connectivity index (χ3v) is 5.37. The molecule has 4 heterocycles. The average molecular weight is 314 g/mol. The number of piperidine rings is 3. The van der Waals surface area contributed by atoms with E-state index >= 15 is 0 Å². The lowest BCUT2D eigenvalue weighted by Crippen LogP contribution is -2.55. The van der Waals surface area contributed by atoms with Crippen molar-refractivity contribution in [2.45, 2.75) is 25.4 Å². The molecular formula is C17H22N4O2. The maximum atomic E-state index is 11.5. The van der Waals surface area contributed by atoms with Gasteiger partial charge in [0, 0.05) is 31.6 Å². The Balaban J connectivity index is 1.60. The Morgan fingerprint density at radius 1 is 1.39 bits per heavy atom. The zero-order chi connectivity index (χ0) is 16.0. The molecule has 0 saturated carbocycles. The first-order chi connectivity index (χ1) is 11.1. The molecule has 2 N–H and O–H groups in total. The number of nitrogens with one attached hydrogen (secondary N) is 1. The SMILES string of the molecule is Cn1nc(CNC2CN3CCC2CC3)c2c(C(=O)O)cccc21. The van der Waals surface area contributed by atoms with Crippen LogP contribution in [0.25, 0.3) is 10.9 Å². The summed E-state index contributed by atoms with van der Waals surface area (Å²) in [5, 5.41) is 18.4. The lowest BCUT2D eigenvalue weighted by molar-refractivity contribution is 0.0698. The Bertz CT molecular complexity index is 746. The molecule has 122 valence electrons. The van der Waals surface area contributed by atoms with Gasteiger partial charge in [0.2, 0.25) is 0 Å². The molecule has 23 heavy (non-hydrogen) atoms. The zero-order valence-electron chi connectivity index (χ0n) is 13.3. The van der Waals surface area contributed by atoms with Crippen LogP contribution in [-0.4, -0.2) is 51.4 Å². The fraction of sp³-hybridized carbons (Fsp3) is 0.529. The van der Waals surface area contributed by atoms with Gasteiger partial charge in [0.15, 0.2) is 0 Å². The topological polar surface area (TPSA) is 70.4 Å². The van der Waals surface area contributed by atoms with E-state index < -0.39 is 5.97 Å². The number of carboxylic acids is 1. The number of aromatic nitrogens is 2. The summed E-state index contributed by atoms with van der Waals surface area (Å²) in [4.78, 5) is 14.0. The quantitative estimate of drug-likeness (QED) is 0.894. The highest BCUT2D eigenvalue weighted by Crippen LogP contribution is 2.28. The molecule has 0 aliphatic carbocycles. The molecule has 6 nitrogen and oxygen atoms in total. The van der Waals surface area contributed by atoms with E-state index in [1.54, 1.807) is 16.8 Å². The number of hydrogen-bond donors (Lipinski definition) is 2. The molecule has 1 atom stereocenters. The van der Waals surface area contributed by atoms with E-state index in [9.17, 15) is 9.90 Å². The number of aromatic carboxylic acids is 1. The predicted octanol–water partition coefficient (Wildman–Crippen LogP) is 1.46. The van der Waals surface area contributed by atoms with Gasteiger partial charge in [-0.3, -0.25) is 4.68 Å². The van der Waals surface area contributed by atoms with E-state index in [4.69, 9.17) is 0 Å².